The highest BCUT2D eigenvalue weighted by molar-refractivity contribution is 7.71. The number of hydrogen-bond acceptors (Lipinski definition) is 40. The lowest BCUT2D eigenvalue weighted by Gasteiger charge is -2.33. The number of nitrogens with two attached hydrogens (primary N) is 4. The fourth-order valence-corrected chi connectivity index (χ4v) is 25.9. The number of anilines is 1. The van der Waals surface area contributed by atoms with E-state index < -0.39 is 249 Å². The van der Waals surface area contributed by atoms with Gasteiger partial charge in [-0.25, -0.2) is 95.5 Å². The van der Waals surface area contributed by atoms with Crippen molar-refractivity contribution in [3.8, 4) is 0 Å². The predicted molar refractivity (Wildman–Crippen MR) is 413 cm³/mol. The van der Waals surface area contributed by atoms with Gasteiger partial charge < -0.3 is 155 Å². The second-order valence-corrected chi connectivity index (χ2v) is 45.7. The van der Waals surface area contributed by atoms with Crippen molar-refractivity contribution in [2.24, 2.45) is 32.2 Å². The lowest BCUT2D eigenvalue weighted by Crippen LogP contribution is -2.46. The van der Waals surface area contributed by atoms with E-state index in [1.165, 1.54) is 36.8 Å². The van der Waals surface area contributed by atoms with Gasteiger partial charge in [-0.1, -0.05) is 19.7 Å². The summed E-state index contributed by atoms with van der Waals surface area (Å²) in [6, 6.07) is 1.07. The molecule has 4 fully saturated rings. The Hall–Kier alpha value is -3.37. The molecule has 8 heterocycles. The van der Waals surface area contributed by atoms with Crippen LogP contribution in [-0.4, -0.2) is 266 Å². The van der Waals surface area contributed by atoms with Crippen molar-refractivity contribution in [1.82, 2.24) is 24.3 Å². The molecular weight excluding hydrogens is 2080 g/mol. The van der Waals surface area contributed by atoms with E-state index >= 15 is 0 Å². The highest BCUT2D eigenvalue weighted by Crippen LogP contribution is 2.72. The largest absolute Gasteiger partial charge is 0.488 e. The van der Waals surface area contributed by atoms with Crippen molar-refractivity contribution in [2.45, 2.75) is 115 Å². The van der Waals surface area contributed by atoms with Crippen LogP contribution in [0.5, 0.6) is 0 Å². The minimum absolute atomic E-state index is 0.0165. The van der Waals surface area contributed by atoms with Gasteiger partial charge in [-0.2, -0.15) is 26.6 Å². The van der Waals surface area contributed by atoms with Gasteiger partial charge in [0.1, 0.15) is 87.6 Å². The van der Waals surface area contributed by atoms with Crippen LogP contribution in [0.25, 0.3) is 0 Å². The van der Waals surface area contributed by atoms with Gasteiger partial charge in [0.25, 0.3) is 0 Å². The van der Waals surface area contributed by atoms with E-state index in [9.17, 15) is 141 Å². The van der Waals surface area contributed by atoms with Crippen molar-refractivity contribution in [3.05, 3.63) is 120 Å². The molecule has 0 radical (unpaired) electrons. The van der Waals surface area contributed by atoms with Crippen LogP contribution in [0.3, 0.4) is 0 Å². The summed E-state index contributed by atoms with van der Waals surface area (Å²) in [5.74, 6) is -6.18. The monoisotopic (exact) mass is 2150 g/mol. The van der Waals surface area contributed by atoms with Crippen molar-refractivity contribution < 1.29 is 233 Å². The van der Waals surface area contributed by atoms with Crippen molar-refractivity contribution in [3.63, 3.8) is 0 Å². The molecule has 8 rings (SSSR count). The molecule has 7 aliphatic heterocycles. The number of alkyl halides is 9. The second kappa shape index (κ2) is 42.3. The van der Waals surface area contributed by atoms with Crippen LogP contribution in [0.4, 0.5) is 32.2 Å². The molecule has 0 saturated carbocycles. The highest BCUT2D eigenvalue weighted by Gasteiger charge is 2.63. The summed E-state index contributed by atoms with van der Waals surface area (Å²) in [7, 11) is -67.9. The molecule has 7 aliphatic rings. The molecule has 126 heavy (non-hydrogen) atoms. The van der Waals surface area contributed by atoms with E-state index in [4.69, 9.17) is 132 Å². The molecule has 57 nitrogen and oxygen atoms in total. The molecule has 720 valence electrons. The number of aliphatic hydroxyl groups excluding tert-OH is 4. The molecule has 0 aliphatic carbocycles. The van der Waals surface area contributed by atoms with Crippen LogP contribution in [0, 0.1) is 0 Å². The summed E-state index contributed by atoms with van der Waals surface area (Å²) in [6.45, 7) is 10.7. The third-order valence-electron chi connectivity index (χ3n) is 16.1. The number of phosphoric acid groups is 8. The molecule has 1 aromatic rings. The van der Waals surface area contributed by atoms with Crippen LogP contribution in [0.15, 0.2) is 130 Å². The summed E-state index contributed by atoms with van der Waals surface area (Å²) >= 11 is 23.0. The molecule has 0 bridgehead atoms. The maximum Gasteiger partial charge on any atom is 0.488 e. The third-order valence-corrected chi connectivity index (χ3v) is 34.5. The van der Waals surface area contributed by atoms with Gasteiger partial charge >= 0.3 is 98.7 Å². The van der Waals surface area contributed by atoms with Crippen LogP contribution in [0.2, 0.25) is 0 Å². The summed E-state index contributed by atoms with van der Waals surface area (Å²) in [5.41, 5.74) is 9.27. The molecule has 79 heteroatoms. The molecule has 28 N–H and O–H groups in total. The maximum absolute atomic E-state index is 14.8. The predicted octanol–water partition coefficient (Wildman–Crippen LogP) is 2.11. The number of hydrogen-bond donors (Lipinski definition) is 24. The van der Waals surface area contributed by atoms with Crippen LogP contribution in [0.1, 0.15) is 19.1 Å². The molecule has 1 aromatic heterocycles. The SMILES string of the molecule is C=C1N=C(N)C=CN1[C@@H]1O[C@@](/C=C\P(=O)(O)OP(=O)(O)OP(=O)(O)O)(CCl)[C@@H](O)[C@H]1F.C=C1N=C(N)C=CN1[C@@H]1O[C@](CCl)(CC(F)P(=O)(O)OP(=O)(O)OP(=O)(O)O)[C@@H](O)[C@H]1F.C=C1N=C(N)C=CN1[C@@H]1O[C@](CCl)(CCP(=O)(O)OP(=O)(O)OP(=O)(O)O)[C@@H](O)[C@H]1F.Nc1ccn([C@@H]2O[C@@](/C=C(/F)P(=O)(O)OP(=O)(O)OP(=O)(O)O)(CCl)[C@@H](O)[C@H]2F)c(=O)n1. The molecule has 25 atom stereocenters. The van der Waals surface area contributed by atoms with Crippen molar-refractivity contribution in [1.29, 1.82) is 0 Å². The standard InChI is InChI=1S/C12H19ClF2N3O11P3.C12H20ClFN3O11P3.C12H18ClFN3O11P3.C11H15ClF2N3O12P3/c1-6-17-8(16)2-3-18(6)11-9(15)10(19)12(5-13,27-11)4-7(14)30(20,21)28-32(25,26)29-31(22,23)24;2*1-7-16-8(15)2-4-17(7)11-9(14)10(18)12(6-13,26-11)3-5-29(19,20)27-31(24,25)28-30(21,22)23;12-4-11(3-5(13)30(20,21)28-32(25,26)29-31(22,23)24)8(18)7(14)9(27-11)17-2-1-6(15)16-10(17)19/h2-3,7,9-11,19H,1,4-5H2,(H2,16,17)(H,20,21)(H,25,26)(H2,22,23,24);2,4,9-11,18H,1,3,5-6H2,(H2,15,16)(H,19,20)(H,24,25)(H2,21,22,23);2-5,9-11,18H,1,6H2,(H2,15,16)(H,19,20)(H,24,25)(H2,21,22,23);1-3,7-9,18H,4H2,(H,20,21)(H,25,26)(H2,15,16,19)(H2,22,23,24)/b;;2*5-3-/t7?,9-,10+,11-,12+;2*9-,10+,11-,12+;7-,8+,9-,11+/m1111/s1. The van der Waals surface area contributed by atoms with Gasteiger partial charge in [-0.05, 0) is 42.9 Å². The Labute approximate surface area is 719 Å². The molecular formula is C47H72Cl4F6N12O45P12. The first-order valence-electron chi connectivity index (χ1n) is 32.2. The number of aromatic nitrogens is 2. The number of nitrogen functional groups attached to an aromatic ring is 1. The Bertz CT molecular complexity index is 5210. The number of ether oxygens (including phenoxy) is 4. The molecule has 0 amide bonds. The minimum Gasteiger partial charge on any atom is -0.387 e. The average molecular weight is 2150 g/mol. The molecule has 4 saturated heterocycles. The quantitative estimate of drug-likeness (QED) is 0.0267. The van der Waals surface area contributed by atoms with Gasteiger partial charge in [0.15, 0.2) is 49.6 Å². The first-order valence-corrected chi connectivity index (χ1v) is 53.1. The summed E-state index contributed by atoms with van der Waals surface area (Å²) in [5, 5.41) is 41.2. The van der Waals surface area contributed by atoms with E-state index in [0.29, 0.717) is 10.6 Å². The molecule has 0 spiro atoms. The van der Waals surface area contributed by atoms with Gasteiger partial charge in [-0.15, -0.1) is 46.4 Å². The Balaban J connectivity index is 0.000000298. The van der Waals surface area contributed by atoms with Crippen molar-refractivity contribution in [2.75, 3.05) is 35.4 Å². The lowest BCUT2D eigenvalue weighted by atomic mass is 9.94. The second-order valence-electron chi connectivity index (χ2n) is 25.4. The van der Waals surface area contributed by atoms with E-state index in [1.54, 1.807) is 0 Å². The number of amidine groups is 3. The van der Waals surface area contributed by atoms with E-state index in [-0.39, 0.29) is 52.7 Å². The van der Waals surface area contributed by atoms with Crippen molar-refractivity contribution >= 4 is 163 Å². The average Bonchev–Trinajstić information content (AvgIpc) is 1.61. The summed E-state index contributed by atoms with van der Waals surface area (Å²) < 4.78 is 275. The first-order chi connectivity index (χ1) is 56.9. The van der Waals surface area contributed by atoms with Gasteiger partial charge in [0, 0.05) is 37.0 Å². The lowest BCUT2D eigenvalue weighted by molar-refractivity contribution is -0.108. The van der Waals surface area contributed by atoms with E-state index in [0.717, 1.165) is 27.0 Å². The van der Waals surface area contributed by atoms with Gasteiger partial charge in [0.05, 0.1) is 29.7 Å². The Morgan fingerprint density at radius 3 is 1.24 bits per heavy atom. The molecule has 0 aromatic carbocycles. The van der Waals surface area contributed by atoms with Gasteiger partial charge in [-0.3, -0.25) is 22.8 Å². The molecule has 9 unspecified atom stereocenters. The topological polar surface area (TPSA) is 906 Å². The highest BCUT2D eigenvalue weighted by atomic mass is 35.5. The zero-order valence-corrected chi connectivity index (χ0v) is 75.4. The Morgan fingerprint density at radius 1 is 0.500 bits per heavy atom. The van der Waals surface area contributed by atoms with E-state index in [2.05, 4.69) is 74.2 Å². The Kier molecular flexibility index (Phi) is 38.0. The number of rotatable bonds is 34. The fourth-order valence-electron chi connectivity index (χ4n) is 10.7. The zero-order chi connectivity index (χ0) is 97.1. The first kappa shape index (κ1) is 113. The normalized spacial score (nSPS) is 32.7. The zero-order valence-electron chi connectivity index (χ0n) is 61.6. The fraction of sp³-hybridized carbons (Fsp3) is 0.511. The summed E-state index contributed by atoms with van der Waals surface area (Å²) in [4.78, 5) is 173. The van der Waals surface area contributed by atoms with Crippen LogP contribution >= 0.6 is 139 Å². The number of aliphatic imine (C=N–C) groups is 3. The number of nitrogens with zero attached hydrogens (tertiary/aromatic N) is 8. The maximum atomic E-state index is 14.8. The number of halogens is 10. The van der Waals surface area contributed by atoms with Crippen LogP contribution in [-0.2, 0) is 108 Å². The minimum atomic E-state index is -6.01. The van der Waals surface area contributed by atoms with Gasteiger partial charge in [0.2, 0.25) is 11.5 Å². The smallest absolute Gasteiger partial charge is 0.387 e. The Morgan fingerprint density at radius 2 is 0.849 bits per heavy atom. The van der Waals surface area contributed by atoms with Crippen LogP contribution < -0.4 is 28.6 Å². The summed E-state index contributed by atoms with van der Waals surface area (Å²) in [6.07, 6.45) is -18.0. The van der Waals surface area contributed by atoms with E-state index in [1.807, 2.05) is 0 Å². The third kappa shape index (κ3) is 30.8. The number of aliphatic hydroxyl groups is 4.